The first-order chi connectivity index (χ1) is 11.7. The molecular formula is C19H26N2O3. The predicted octanol–water partition coefficient (Wildman–Crippen LogP) is 2.55. The standard InChI is InChI=1S/C19H26N2O3/c1-23-16-5-3-2-4-15(16)19(6-7-19)12-20-17(22)21-10-8-18(13-21)9-11-24-14-18/h2-5H,6-14H2,1H3,(H,20,22). The van der Waals surface area contributed by atoms with Crippen molar-refractivity contribution in [2.24, 2.45) is 5.41 Å². The quantitative estimate of drug-likeness (QED) is 0.923. The van der Waals surface area contributed by atoms with Gasteiger partial charge in [-0.1, -0.05) is 18.2 Å². The van der Waals surface area contributed by atoms with Crippen molar-refractivity contribution in [3.63, 3.8) is 0 Å². The maximum Gasteiger partial charge on any atom is 0.317 e. The molecule has 2 amide bonds. The zero-order chi connectivity index (χ0) is 16.6. The number of ether oxygens (including phenoxy) is 2. The number of nitrogens with one attached hydrogen (secondary N) is 1. The summed E-state index contributed by atoms with van der Waals surface area (Å²) in [7, 11) is 1.71. The number of urea groups is 1. The molecule has 1 unspecified atom stereocenters. The number of carbonyl (C=O) groups is 1. The van der Waals surface area contributed by atoms with E-state index in [1.165, 1.54) is 5.56 Å². The van der Waals surface area contributed by atoms with Crippen LogP contribution in [0.5, 0.6) is 5.75 Å². The summed E-state index contributed by atoms with van der Waals surface area (Å²) in [6.45, 7) is 4.01. The van der Waals surface area contributed by atoms with Gasteiger partial charge in [0.05, 0.1) is 13.7 Å². The number of carbonyl (C=O) groups excluding carboxylic acids is 1. The number of hydrogen-bond donors (Lipinski definition) is 1. The van der Waals surface area contributed by atoms with Crippen molar-refractivity contribution in [1.82, 2.24) is 10.2 Å². The van der Waals surface area contributed by atoms with Gasteiger partial charge in [-0.25, -0.2) is 4.79 Å². The fourth-order valence-corrected chi connectivity index (χ4v) is 4.21. The van der Waals surface area contributed by atoms with Crippen LogP contribution < -0.4 is 10.1 Å². The fourth-order valence-electron chi connectivity index (χ4n) is 4.21. The molecular weight excluding hydrogens is 304 g/mol. The van der Waals surface area contributed by atoms with Crippen LogP contribution in [0, 0.1) is 5.41 Å². The van der Waals surface area contributed by atoms with E-state index in [0.717, 1.165) is 57.7 Å². The third kappa shape index (κ3) is 2.75. The van der Waals surface area contributed by atoms with Crippen molar-refractivity contribution in [3.05, 3.63) is 29.8 Å². The van der Waals surface area contributed by atoms with Gasteiger partial charge in [-0.2, -0.15) is 0 Å². The molecule has 5 heteroatoms. The van der Waals surface area contributed by atoms with Crippen LogP contribution in [-0.2, 0) is 10.2 Å². The second-order valence-corrected chi connectivity index (χ2v) is 7.61. The maximum atomic E-state index is 12.6. The summed E-state index contributed by atoms with van der Waals surface area (Å²) < 4.78 is 11.1. The van der Waals surface area contributed by atoms with Crippen molar-refractivity contribution in [3.8, 4) is 5.75 Å². The minimum absolute atomic E-state index is 0.0517. The molecule has 1 aliphatic carbocycles. The molecule has 1 spiro atoms. The minimum atomic E-state index is 0.0517. The molecule has 2 heterocycles. The number of hydrogen-bond acceptors (Lipinski definition) is 3. The predicted molar refractivity (Wildman–Crippen MR) is 91.4 cm³/mol. The largest absolute Gasteiger partial charge is 0.496 e. The molecule has 5 nitrogen and oxygen atoms in total. The summed E-state index contributed by atoms with van der Waals surface area (Å²) in [5, 5.41) is 3.17. The van der Waals surface area contributed by atoms with Crippen LogP contribution in [-0.4, -0.2) is 50.9 Å². The average Bonchev–Trinajstić information content (AvgIpc) is 3.07. The molecule has 1 saturated carbocycles. The fraction of sp³-hybridized carbons (Fsp3) is 0.632. The van der Waals surface area contributed by atoms with Crippen LogP contribution in [0.25, 0.3) is 0 Å². The van der Waals surface area contributed by atoms with Gasteiger partial charge in [-0.05, 0) is 31.7 Å². The Kier molecular flexibility index (Phi) is 3.91. The van der Waals surface area contributed by atoms with Gasteiger partial charge in [-0.3, -0.25) is 0 Å². The van der Waals surface area contributed by atoms with Gasteiger partial charge in [0.25, 0.3) is 0 Å². The lowest BCUT2D eigenvalue weighted by atomic mass is 9.87. The van der Waals surface area contributed by atoms with Crippen LogP contribution in [0.2, 0.25) is 0 Å². The van der Waals surface area contributed by atoms with E-state index >= 15 is 0 Å². The summed E-state index contributed by atoms with van der Waals surface area (Å²) in [6, 6.07) is 8.23. The van der Waals surface area contributed by atoms with Gasteiger partial charge in [0.15, 0.2) is 0 Å². The summed E-state index contributed by atoms with van der Waals surface area (Å²) >= 11 is 0. The Bertz CT molecular complexity index is 621. The smallest absolute Gasteiger partial charge is 0.317 e. The van der Waals surface area contributed by atoms with Gasteiger partial charge < -0.3 is 19.7 Å². The molecule has 0 aromatic heterocycles. The van der Waals surface area contributed by atoms with Gasteiger partial charge in [-0.15, -0.1) is 0 Å². The van der Waals surface area contributed by atoms with E-state index in [1.807, 2.05) is 23.1 Å². The summed E-state index contributed by atoms with van der Waals surface area (Å²) in [6.07, 6.45) is 4.36. The van der Waals surface area contributed by atoms with Crippen LogP contribution in [0.15, 0.2) is 24.3 Å². The van der Waals surface area contributed by atoms with E-state index in [1.54, 1.807) is 7.11 Å². The van der Waals surface area contributed by atoms with Crippen LogP contribution in [0.1, 0.15) is 31.2 Å². The normalized spacial score (nSPS) is 27.5. The maximum absolute atomic E-state index is 12.6. The van der Waals surface area contributed by atoms with Crippen molar-refractivity contribution < 1.29 is 14.3 Å². The molecule has 1 aromatic rings. The average molecular weight is 330 g/mol. The van der Waals surface area contributed by atoms with E-state index in [0.29, 0.717) is 6.54 Å². The van der Waals surface area contributed by atoms with Crippen LogP contribution in [0.4, 0.5) is 4.79 Å². The Balaban J connectivity index is 1.37. The summed E-state index contributed by atoms with van der Waals surface area (Å²) in [5.41, 5.74) is 1.49. The van der Waals surface area contributed by atoms with Crippen LogP contribution >= 0.6 is 0 Å². The SMILES string of the molecule is COc1ccccc1C1(CNC(=O)N2CCC3(CCOC3)C2)CC1. The highest BCUT2D eigenvalue weighted by Crippen LogP contribution is 2.50. The first kappa shape index (κ1) is 15.8. The first-order valence-corrected chi connectivity index (χ1v) is 8.91. The summed E-state index contributed by atoms with van der Waals surface area (Å²) in [5.74, 6) is 0.924. The Morgan fingerprint density at radius 3 is 2.83 bits per heavy atom. The van der Waals surface area contributed by atoms with E-state index in [2.05, 4.69) is 11.4 Å². The topological polar surface area (TPSA) is 50.8 Å². The van der Waals surface area contributed by atoms with Crippen LogP contribution in [0.3, 0.4) is 0 Å². The van der Waals surface area contributed by atoms with E-state index in [-0.39, 0.29) is 16.9 Å². The zero-order valence-corrected chi connectivity index (χ0v) is 14.3. The Morgan fingerprint density at radius 1 is 1.29 bits per heavy atom. The lowest BCUT2D eigenvalue weighted by Gasteiger charge is -2.24. The van der Waals surface area contributed by atoms with Gasteiger partial charge >= 0.3 is 6.03 Å². The number of para-hydroxylation sites is 1. The van der Waals surface area contributed by atoms with Crippen molar-refractivity contribution in [1.29, 1.82) is 0 Å². The first-order valence-electron chi connectivity index (χ1n) is 8.91. The Morgan fingerprint density at radius 2 is 2.12 bits per heavy atom. The minimum Gasteiger partial charge on any atom is -0.496 e. The number of rotatable bonds is 4. The number of methoxy groups -OCH3 is 1. The molecule has 24 heavy (non-hydrogen) atoms. The third-order valence-corrected chi connectivity index (χ3v) is 6.02. The molecule has 2 saturated heterocycles. The lowest BCUT2D eigenvalue weighted by molar-refractivity contribution is 0.152. The molecule has 0 bridgehead atoms. The van der Waals surface area contributed by atoms with Gasteiger partial charge in [0.1, 0.15) is 5.75 Å². The second-order valence-electron chi connectivity index (χ2n) is 7.61. The molecule has 0 radical (unpaired) electrons. The van der Waals surface area contributed by atoms with E-state index in [4.69, 9.17) is 9.47 Å². The van der Waals surface area contributed by atoms with Crippen molar-refractivity contribution in [2.75, 3.05) is 40.0 Å². The number of likely N-dealkylation sites (tertiary alicyclic amines) is 1. The van der Waals surface area contributed by atoms with Crippen molar-refractivity contribution >= 4 is 6.03 Å². The highest BCUT2D eigenvalue weighted by molar-refractivity contribution is 5.75. The highest BCUT2D eigenvalue weighted by atomic mass is 16.5. The number of nitrogens with zero attached hydrogens (tertiary/aromatic N) is 1. The monoisotopic (exact) mass is 330 g/mol. The third-order valence-electron chi connectivity index (χ3n) is 6.02. The number of amides is 2. The van der Waals surface area contributed by atoms with Crippen molar-refractivity contribution in [2.45, 2.75) is 31.1 Å². The van der Waals surface area contributed by atoms with E-state index in [9.17, 15) is 4.79 Å². The second kappa shape index (κ2) is 5.96. The molecule has 2 aliphatic heterocycles. The zero-order valence-electron chi connectivity index (χ0n) is 14.3. The molecule has 3 aliphatic rings. The molecule has 1 aromatic carbocycles. The molecule has 1 atom stereocenters. The molecule has 1 N–H and O–H groups in total. The van der Waals surface area contributed by atoms with Gasteiger partial charge in [0.2, 0.25) is 0 Å². The Hall–Kier alpha value is -1.75. The summed E-state index contributed by atoms with van der Waals surface area (Å²) in [4.78, 5) is 14.6. The highest BCUT2D eigenvalue weighted by Gasteiger charge is 2.47. The molecule has 130 valence electrons. The Labute approximate surface area is 143 Å². The lowest BCUT2D eigenvalue weighted by Crippen LogP contribution is -2.43. The molecule has 4 rings (SSSR count). The van der Waals surface area contributed by atoms with Gasteiger partial charge in [0, 0.05) is 42.6 Å². The molecule has 3 fully saturated rings. The number of benzene rings is 1. The van der Waals surface area contributed by atoms with E-state index < -0.39 is 0 Å².